The summed E-state index contributed by atoms with van der Waals surface area (Å²) >= 11 is 0. The molecule has 2 fully saturated rings. The molecule has 0 amide bonds. The monoisotopic (exact) mass is 335 g/mol. The van der Waals surface area contributed by atoms with Crippen LogP contribution in [-0.4, -0.2) is 29.6 Å². The Bertz CT molecular complexity index is 698. The summed E-state index contributed by atoms with van der Waals surface area (Å²) in [6.07, 6.45) is 7.68. The molecule has 2 unspecified atom stereocenters. The van der Waals surface area contributed by atoms with Gasteiger partial charge in [0.2, 0.25) is 0 Å². The minimum atomic E-state index is 0.292. The lowest BCUT2D eigenvalue weighted by molar-refractivity contribution is 0.0568. The molecular weight excluding hydrogens is 306 g/mol. The van der Waals surface area contributed by atoms with Crippen LogP contribution in [0.4, 0.5) is 0 Å². The maximum atomic E-state index is 9.98. The van der Waals surface area contributed by atoms with Crippen LogP contribution in [0, 0.1) is 5.92 Å². The summed E-state index contributed by atoms with van der Waals surface area (Å²) in [5.41, 5.74) is 3.11. The van der Waals surface area contributed by atoms with Crippen LogP contribution in [0.15, 0.2) is 54.6 Å². The van der Waals surface area contributed by atoms with Crippen LogP contribution in [0.5, 0.6) is 5.75 Å². The van der Waals surface area contributed by atoms with Crippen molar-refractivity contribution in [2.75, 3.05) is 19.6 Å². The van der Waals surface area contributed by atoms with E-state index < -0.39 is 0 Å². The van der Waals surface area contributed by atoms with Crippen LogP contribution in [0.1, 0.15) is 43.2 Å². The van der Waals surface area contributed by atoms with Crippen molar-refractivity contribution in [1.82, 2.24) is 4.90 Å². The molecular formula is C23H29NO. The molecule has 0 radical (unpaired) electrons. The standard InChI is InChI=1S/C23H29NO/c25-22-11-6-10-20(17-22)23-13-5-4-9-21(23)18-24(16-14-23)15-12-19-7-2-1-3-8-19/h1-3,6-8,10-11,17,21,25H,4-5,9,12-16,18H2. The topological polar surface area (TPSA) is 23.5 Å². The molecule has 1 aliphatic heterocycles. The molecule has 0 spiro atoms. The summed E-state index contributed by atoms with van der Waals surface area (Å²) in [5, 5.41) is 9.98. The normalized spacial score (nSPS) is 27.0. The van der Waals surface area contributed by atoms with Gasteiger partial charge in [0.05, 0.1) is 0 Å². The number of likely N-dealkylation sites (tertiary alicyclic amines) is 1. The Morgan fingerprint density at radius 3 is 2.72 bits per heavy atom. The largest absolute Gasteiger partial charge is 0.508 e. The first-order valence-corrected chi connectivity index (χ1v) is 9.82. The van der Waals surface area contributed by atoms with E-state index in [0.717, 1.165) is 18.9 Å². The van der Waals surface area contributed by atoms with Gasteiger partial charge in [0.25, 0.3) is 0 Å². The summed E-state index contributed by atoms with van der Waals surface area (Å²) in [7, 11) is 0. The predicted octanol–water partition coefficient (Wildman–Crippen LogP) is 4.77. The molecule has 1 N–H and O–H groups in total. The lowest BCUT2D eigenvalue weighted by Crippen LogP contribution is -2.51. The van der Waals surface area contributed by atoms with E-state index in [-0.39, 0.29) is 0 Å². The van der Waals surface area contributed by atoms with E-state index in [2.05, 4.69) is 41.3 Å². The van der Waals surface area contributed by atoms with E-state index in [0.29, 0.717) is 11.2 Å². The van der Waals surface area contributed by atoms with Crippen molar-refractivity contribution in [2.24, 2.45) is 5.92 Å². The number of benzene rings is 2. The third-order valence-corrected chi connectivity index (χ3v) is 6.54. The number of aromatic hydroxyl groups is 1. The van der Waals surface area contributed by atoms with Gasteiger partial charge in [-0.2, -0.15) is 0 Å². The van der Waals surface area contributed by atoms with Gasteiger partial charge in [-0.1, -0.05) is 55.3 Å². The number of piperidine rings is 1. The zero-order valence-electron chi connectivity index (χ0n) is 15.0. The van der Waals surface area contributed by atoms with Crippen molar-refractivity contribution in [1.29, 1.82) is 0 Å². The fraction of sp³-hybridized carbons (Fsp3) is 0.478. The second-order valence-electron chi connectivity index (χ2n) is 7.94. The quantitative estimate of drug-likeness (QED) is 0.870. The molecule has 0 bridgehead atoms. The zero-order chi connectivity index (χ0) is 17.1. The first-order chi connectivity index (χ1) is 12.3. The highest BCUT2D eigenvalue weighted by Crippen LogP contribution is 2.49. The van der Waals surface area contributed by atoms with Crippen molar-refractivity contribution in [3.63, 3.8) is 0 Å². The maximum absolute atomic E-state index is 9.98. The first kappa shape index (κ1) is 16.7. The molecule has 2 heteroatoms. The molecule has 2 aromatic carbocycles. The van der Waals surface area contributed by atoms with Crippen LogP contribution in [0.25, 0.3) is 0 Å². The van der Waals surface area contributed by atoms with Crippen molar-refractivity contribution in [3.05, 3.63) is 65.7 Å². The second-order valence-corrected chi connectivity index (χ2v) is 7.94. The third kappa shape index (κ3) is 3.46. The van der Waals surface area contributed by atoms with Crippen LogP contribution in [0.3, 0.4) is 0 Å². The van der Waals surface area contributed by atoms with E-state index in [9.17, 15) is 5.11 Å². The van der Waals surface area contributed by atoms with Crippen molar-refractivity contribution < 1.29 is 5.11 Å². The van der Waals surface area contributed by atoms with Crippen LogP contribution < -0.4 is 0 Å². The Balaban J connectivity index is 1.48. The number of phenols is 1. The van der Waals surface area contributed by atoms with Gasteiger partial charge in [-0.15, -0.1) is 0 Å². The van der Waals surface area contributed by atoms with E-state index in [1.54, 1.807) is 6.07 Å². The third-order valence-electron chi connectivity index (χ3n) is 6.54. The molecule has 2 aliphatic rings. The number of hydrogen-bond donors (Lipinski definition) is 1. The van der Waals surface area contributed by atoms with Crippen molar-refractivity contribution in [2.45, 2.75) is 43.9 Å². The Hall–Kier alpha value is -1.80. The van der Waals surface area contributed by atoms with Crippen LogP contribution >= 0.6 is 0 Å². The number of hydrogen-bond acceptors (Lipinski definition) is 2. The molecule has 2 aromatic rings. The van der Waals surface area contributed by atoms with Crippen LogP contribution in [0.2, 0.25) is 0 Å². The minimum Gasteiger partial charge on any atom is -0.508 e. The van der Waals surface area contributed by atoms with E-state index >= 15 is 0 Å². The minimum absolute atomic E-state index is 0.292. The molecule has 1 aliphatic carbocycles. The first-order valence-electron chi connectivity index (χ1n) is 9.82. The molecule has 1 saturated heterocycles. The number of rotatable bonds is 4. The SMILES string of the molecule is Oc1cccc(C23CCCCC2CN(CCc2ccccc2)CC3)c1. The summed E-state index contributed by atoms with van der Waals surface area (Å²) in [5.74, 6) is 1.15. The van der Waals surface area contributed by atoms with E-state index in [1.807, 2.05) is 12.1 Å². The second kappa shape index (κ2) is 7.21. The zero-order valence-corrected chi connectivity index (χ0v) is 15.0. The molecule has 1 heterocycles. The van der Waals surface area contributed by atoms with E-state index in [4.69, 9.17) is 0 Å². The smallest absolute Gasteiger partial charge is 0.115 e. The Morgan fingerprint density at radius 2 is 1.88 bits per heavy atom. The summed E-state index contributed by atoms with van der Waals surface area (Å²) in [6, 6.07) is 18.9. The van der Waals surface area contributed by atoms with Gasteiger partial charge in [-0.05, 0) is 61.4 Å². The summed E-state index contributed by atoms with van der Waals surface area (Å²) in [6.45, 7) is 3.55. The van der Waals surface area contributed by atoms with Gasteiger partial charge in [0, 0.05) is 18.5 Å². The number of phenolic OH excluding ortho intramolecular Hbond substituents is 1. The van der Waals surface area contributed by atoms with Gasteiger partial charge in [-0.3, -0.25) is 0 Å². The summed E-state index contributed by atoms with van der Waals surface area (Å²) in [4.78, 5) is 2.67. The molecule has 25 heavy (non-hydrogen) atoms. The molecule has 0 aromatic heterocycles. The summed E-state index contributed by atoms with van der Waals surface area (Å²) < 4.78 is 0. The molecule has 2 atom stereocenters. The lowest BCUT2D eigenvalue weighted by Gasteiger charge is -2.51. The highest BCUT2D eigenvalue weighted by Gasteiger charge is 2.45. The van der Waals surface area contributed by atoms with Crippen molar-refractivity contribution >= 4 is 0 Å². The van der Waals surface area contributed by atoms with Gasteiger partial charge in [0.1, 0.15) is 5.75 Å². The molecule has 1 saturated carbocycles. The van der Waals surface area contributed by atoms with Gasteiger partial charge < -0.3 is 10.0 Å². The molecule has 2 nitrogen and oxygen atoms in total. The van der Waals surface area contributed by atoms with Crippen molar-refractivity contribution in [3.8, 4) is 5.75 Å². The Labute approximate surface area is 151 Å². The highest BCUT2D eigenvalue weighted by molar-refractivity contribution is 5.35. The van der Waals surface area contributed by atoms with Gasteiger partial charge in [-0.25, -0.2) is 0 Å². The predicted molar refractivity (Wildman–Crippen MR) is 103 cm³/mol. The fourth-order valence-electron chi connectivity index (χ4n) is 5.14. The van der Waals surface area contributed by atoms with Gasteiger partial charge in [0.15, 0.2) is 0 Å². The molecule has 132 valence electrons. The molecule has 4 rings (SSSR count). The average molecular weight is 335 g/mol. The Morgan fingerprint density at radius 1 is 1.00 bits per heavy atom. The Kier molecular flexibility index (Phi) is 4.80. The fourth-order valence-corrected chi connectivity index (χ4v) is 5.14. The average Bonchev–Trinajstić information content (AvgIpc) is 2.67. The number of fused-ring (bicyclic) bond motifs is 1. The van der Waals surface area contributed by atoms with E-state index in [1.165, 1.54) is 56.3 Å². The number of nitrogens with zero attached hydrogens (tertiary/aromatic N) is 1. The van der Waals surface area contributed by atoms with Crippen LogP contribution in [-0.2, 0) is 11.8 Å². The maximum Gasteiger partial charge on any atom is 0.115 e. The highest BCUT2D eigenvalue weighted by atomic mass is 16.3. The lowest BCUT2D eigenvalue weighted by atomic mass is 9.59. The van der Waals surface area contributed by atoms with Gasteiger partial charge >= 0.3 is 0 Å².